The summed E-state index contributed by atoms with van der Waals surface area (Å²) in [5.74, 6) is -0.834. The van der Waals surface area contributed by atoms with Gasteiger partial charge in [-0.05, 0) is 37.1 Å². The van der Waals surface area contributed by atoms with Crippen LogP contribution in [0.1, 0.15) is 23.6 Å². The highest BCUT2D eigenvalue weighted by molar-refractivity contribution is 9.10. The first-order valence-electron chi connectivity index (χ1n) is 8.52. The highest BCUT2D eigenvalue weighted by Crippen LogP contribution is 2.29. The molecule has 4 amide bonds. The molecule has 6 nitrogen and oxygen atoms in total. The van der Waals surface area contributed by atoms with Crippen molar-refractivity contribution in [1.29, 1.82) is 0 Å². The van der Waals surface area contributed by atoms with Crippen molar-refractivity contribution in [3.8, 4) is 0 Å². The molecule has 0 bridgehead atoms. The lowest BCUT2D eigenvalue weighted by molar-refractivity contribution is -0.134. The summed E-state index contributed by atoms with van der Waals surface area (Å²) in [6.45, 7) is 3.65. The Morgan fingerprint density at radius 1 is 1.11 bits per heavy atom. The lowest BCUT2D eigenvalue weighted by Gasteiger charge is -2.22. The first-order valence-corrected chi connectivity index (χ1v) is 9.31. The van der Waals surface area contributed by atoms with Crippen LogP contribution in [-0.4, -0.2) is 29.3 Å². The van der Waals surface area contributed by atoms with Gasteiger partial charge in [0.15, 0.2) is 0 Å². The van der Waals surface area contributed by atoms with Crippen LogP contribution in [0.15, 0.2) is 53.0 Å². The molecule has 2 N–H and O–H groups in total. The minimum Gasteiger partial charge on any atom is -0.350 e. The summed E-state index contributed by atoms with van der Waals surface area (Å²) in [5.41, 5.74) is 1.56. The molecule has 0 spiro atoms. The van der Waals surface area contributed by atoms with Gasteiger partial charge in [0.05, 0.1) is 0 Å². The first-order chi connectivity index (χ1) is 12.8. The molecule has 1 aliphatic heterocycles. The Bertz CT molecular complexity index is 880. The lowest BCUT2D eigenvalue weighted by atomic mass is 9.92. The Hall–Kier alpha value is -2.67. The molecule has 7 heteroatoms. The fourth-order valence-electron chi connectivity index (χ4n) is 2.93. The van der Waals surface area contributed by atoms with E-state index in [1.165, 1.54) is 0 Å². The van der Waals surface area contributed by atoms with E-state index in [9.17, 15) is 14.4 Å². The van der Waals surface area contributed by atoms with E-state index in [0.29, 0.717) is 12.1 Å². The largest absolute Gasteiger partial charge is 0.350 e. The number of amides is 4. The number of halogens is 1. The van der Waals surface area contributed by atoms with Crippen molar-refractivity contribution in [2.75, 3.05) is 6.54 Å². The van der Waals surface area contributed by atoms with E-state index >= 15 is 0 Å². The molecule has 1 unspecified atom stereocenters. The summed E-state index contributed by atoms with van der Waals surface area (Å²) in [6.07, 6.45) is 0. The number of nitrogens with zero attached hydrogens (tertiary/aromatic N) is 1. The third-order valence-corrected chi connectivity index (χ3v) is 5.14. The van der Waals surface area contributed by atoms with Gasteiger partial charge in [-0.2, -0.15) is 0 Å². The molecule has 1 atom stereocenters. The Morgan fingerprint density at radius 3 is 2.37 bits per heavy atom. The summed E-state index contributed by atoms with van der Waals surface area (Å²) < 4.78 is 0.874. The standard InChI is InChI=1S/C20H20BrN3O3/c1-13-3-5-14(6-4-13)11-22-17(25)12-24-18(26)20(2,23-19(24)27)15-7-9-16(21)10-8-15/h3-10H,11-12H2,1-2H3,(H,22,25)(H,23,27). The molecule has 0 saturated carbocycles. The maximum absolute atomic E-state index is 12.8. The molecular formula is C20H20BrN3O3. The van der Waals surface area contributed by atoms with E-state index in [2.05, 4.69) is 26.6 Å². The average Bonchev–Trinajstić information content (AvgIpc) is 2.86. The topological polar surface area (TPSA) is 78.5 Å². The second-order valence-corrected chi connectivity index (χ2v) is 7.63. The van der Waals surface area contributed by atoms with Gasteiger partial charge < -0.3 is 10.6 Å². The third kappa shape index (κ3) is 4.03. The number of urea groups is 1. The van der Waals surface area contributed by atoms with Crippen molar-refractivity contribution in [2.24, 2.45) is 0 Å². The zero-order valence-electron chi connectivity index (χ0n) is 15.1. The molecule has 1 heterocycles. The van der Waals surface area contributed by atoms with Crippen LogP contribution in [0.25, 0.3) is 0 Å². The molecule has 27 heavy (non-hydrogen) atoms. The fourth-order valence-corrected chi connectivity index (χ4v) is 3.19. The second-order valence-electron chi connectivity index (χ2n) is 6.72. The maximum Gasteiger partial charge on any atom is 0.325 e. The molecule has 0 aliphatic carbocycles. The molecule has 1 fully saturated rings. The Kier molecular flexibility index (Phi) is 5.32. The Balaban J connectivity index is 1.65. The monoisotopic (exact) mass is 429 g/mol. The molecule has 140 valence electrons. The van der Waals surface area contributed by atoms with E-state index in [-0.39, 0.29) is 12.5 Å². The van der Waals surface area contributed by atoms with Crippen LogP contribution in [-0.2, 0) is 21.7 Å². The van der Waals surface area contributed by atoms with Crippen LogP contribution < -0.4 is 10.6 Å². The van der Waals surface area contributed by atoms with Crippen LogP contribution in [0.4, 0.5) is 4.79 Å². The molecular weight excluding hydrogens is 410 g/mol. The predicted octanol–water partition coefficient (Wildman–Crippen LogP) is 2.84. The summed E-state index contributed by atoms with van der Waals surface area (Å²) in [6, 6.07) is 14.3. The van der Waals surface area contributed by atoms with Crippen LogP contribution in [0, 0.1) is 6.92 Å². The third-order valence-electron chi connectivity index (χ3n) is 4.61. The van der Waals surface area contributed by atoms with E-state index in [1.807, 2.05) is 31.2 Å². The number of benzene rings is 2. The van der Waals surface area contributed by atoms with Crippen molar-refractivity contribution in [3.05, 3.63) is 69.7 Å². The van der Waals surface area contributed by atoms with Crippen LogP contribution in [0.3, 0.4) is 0 Å². The normalized spacial score (nSPS) is 19.1. The number of rotatable bonds is 5. The van der Waals surface area contributed by atoms with Gasteiger partial charge in [-0.15, -0.1) is 0 Å². The molecule has 2 aromatic rings. The lowest BCUT2D eigenvalue weighted by Crippen LogP contribution is -2.43. The van der Waals surface area contributed by atoms with Gasteiger partial charge in [-0.1, -0.05) is 57.9 Å². The van der Waals surface area contributed by atoms with E-state index in [0.717, 1.165) is 20.5 Å². The van der Waals surface area contributed by atoms with E-state index < -0.39 is 17.5 Å². The average molecular weight is 430 g/mol. The zero-order chi connectivity index (χ0) is 19.6. The number of nitrogens with one attached hydrogen (secondary N) is 2. The second kappa shape index (κ2) is 7.52. The fraction of sp³-hybridized carbons (Fsp3) is 0.250. The Labute approximate surface area is 166 Å². The summed E-state index contributed by atoms with van der Waals surface area (Å²) in [7, 11) is 0. The molecule has 0 aromatic heterocycles. The smallest absolute Gasteiger partial charge is 0.325 e. The van der Waals surface area contributed by atoms with Crippen molar-refractivity contribution in [2.45, 2.75) is 25.9 Å². The number of aryl methyl sites for hydroxylation is 1. The van der Waals surface area contributed by atoms with Gasteiger partial charge in [-0.25, -0.2) is 4.79 Å². The van der Waals surface area contributed by atoms with Gasteiger partial charge in [0, 0.05) is 11.0 Å². The van der Waals surface area contributed by atoms with Gasteiger partial charge in [0.25, 0.3) is 5.91 Å². The first kappa shape index (κ1) is 19.1. The van der Waals surface area contributed by atoms with Crippen LogP contribution in [0.2, 0.25) is 0 Å². The summed E-state index contributed by atoms with van der Waals surface area (Å²) in [5, 5.41) is 5.44. The van der Waals surface area contributed by atoms with Gasteiger partial charge in [-0.3, -0.25) is 14.5 Å². The van der Waals surface area contributed by atoms with Gasteiger partial charge >= 0.3 is 6.03 Å². The van der Waals surface area contributed by atoms with Crippen molar-refractivity contribution in [3.63, 3.8) is 0 Å². The van der Waals surface area contributed by atoms with Crippen molar-refractivity contribution in [1.82, 2.24) is 15.5 Å². The number of imide groups is 1. The number of carbonyl (C=O) groups excluding carboxylic acids is 3. The van der Waals surface area contributed by atoms with Gasteiger partial charge in [0.2, 0.25) is 5.91 Å². The van der Waals surface area contributed by atoms with Crippen molar-refractivity contribution >= 4 is 33.8 Å². The highest BCUT2D eigenvalue weighted by Gasteiger charge is 2.49. The van der Waals surface area contributed by atoms with Gasteiger partial charge in [0.1, 0.15) is 12.1 Å². The van der Waals surface area contributed by atoms with Crippen LogP contribution >= 0.6 is 15.9 Å². The zero-order valence-corrected chi connectivity index (χ0v) is 16.7. The SMILES string of the molecule is Cc1ccc(CNC(=O)CN2C(=O)NC(C)(c3ccc(Br)cc3)C2=O)cc1. The number of hydrogen-bond acceptors (Lipinski definition) is 3. The Morgan fingerprint density at radius 2 is 1.74 bits per heavy atom. The maximum atomic E-state index is 12.8. The number of hydrogen-bond donors (Lipinski definition) is 2. The molecule has 1 aliphatic rings. The van der Waals surface area contributed by atoms with Crippen LogP contribution in [0.5, 0.6) is 0 Å². The van der Waals surface area contributed by atoms with E-state index in [4.69, 9.17) is 0 Å². The quantitative estimate of drug-likeness (QED) is 0.717. The minimum absolute atomic E-state index is 0.317. The minimum atomic E-state index is -1.19. The summed E-state index contributed by atoms with van der Waals surface area (Å²) >= 11 is 3.35. The number of carbonyl (C=O) groups is 3. The molecule has 0 radical (unpaired) electrons. The van der Waals surface area contributed by atoms with E-state index in [1.54, 1.807) is 31.2 Å². The predicted molar refractivity (Wildman–Crippen MR) is 105 cm³/mol. The highest BCUT2D eigenvalue weighted by atomic mass is 79.9. The van der Waals surface area contributed by atoms with Crippen molar-refractivity contribution < 1.29 is 14.4 Å². The molecule has 1 saturated heterocycles. The molecule has 3 rings (SSSR count). The molecule has 2 aromatic carbocycles. The summed E-state index contributed by atoms with van der Waals surface area (Å²) in [4.78, 5) is 38.3.